The maximum absolute atomic E-state index is 5.78. The largest absolute Gasteiger partial charge is 0.383 e. The van der Waals surface area contributed by atoms with Crippen LogP contribution >= 0.6 is 0 Å². The summed E-state index contributed by atoms with van der Waals surface area (Å²) in [6.45, 7) is 0.853. The summed E-state index contributed by atoms with van der Waals surface area (Å²) in [5, 5.41) is 0. The highest BCUT2D eigenvalue weighted by atomic mass is 16.5. The van der Waals surface area contributed by atoms with Gasteiger partial charge in [-0.15, -0.1) is 0 Å². The Balaban J connectivity index is 3.98. The van der Waals surface area contributed by atoms with Crippen molar-refractivity contribution in [3.63, 3.8) is 0 Å². The summed E-state index contributed by atoms with van der Waals surface area (Å²) in [5.74, 6) is 0. The van der Waals surface area contributed by atoms with Crippen molar-refractivity contribution < 1.29 is 14.2 Å². The molecule has 0 aromatic heterocycles. The lowest BCUT2D eigenvalue weighted by atomic mass is 10.1. The van der Waals surface area contributed by atoms with Crippen LogP contribution in [0.5, 0.6) is 0 Å². The molecule has 0 saturated carbocycles. The van der Waals surface area contributed by atoms with E-state index >= 15 is 0 Å². The first-order chi connectivity index (χ1) is 6.17. The molecule has 0 heterocycles. The summed E-state index contributed by atoms with van der Waals surface area (Å²) in [7, 11) is 4.76. The Labute approximate surface area is 79.3 Å². The van der Waals surface area contributed by atoms with Crippen molar-refractivity contribution in [1.29, 1.82) is 0 Å². The second-order valence-corrected chi connectivity index (χ2v) is 2.94. The molecule has 4 N–H and O–H groups in total. The summed E-state index contributed by atoms with van der Waals surface area (Å²) in [6, 6.07) is -0.444. The molecule has 5 nitrogen and oxygen atoms in total. The van der Waals surface area contributed by atoms with Crippen molar-refractivity contribution in [2.24, 2.45) is 11.5 Å². The third-order valence-corrected chi connectivity index (χ3v) is 1.83. The maximum atomic E-state index is 5.78. The van der Waals surface area contributed by atoms with Crippen molar-refractivity contribution >= 4 is 0 Å². The van der Waals surface area contributed by atoms with Crippen LogP contribution in [0.3, 0.4) is 0 Å². The second-order valence-electron chi connectivity index (χ2n) is 2.94. The fraction of sp³-hybridized carbons (Fsp3) is 1.00. The Morgan fingerprint density at radius 1 is 0.923 bits per heavy atom. The molecule has 0 aliphatic rings. The summed E-state index contributed by atoms with van der Waals surface area (Å²) in [4.78, 5) is 0. The molecule has 0 aromatic rings. The second kappa shape index (κ2) is 7.23. The van der Waals surface area contributed by atoms with Gasteiger partial charge in [-0.3, -0.25) is 0 Å². The van der Waals surface area contributed by atoms with Crippen LogP contribution in [0.4, 0.5) is 0 Å². The third-order valence-electron chi connectivity index (χ3n) is 1.83. The van der Waals surface area contributed by atoms with Crippen molar-refractivity contribution in [3.8, 4) is 0 Å². The minimum absolute atomic E-state index is 0.222. The SMILES string of the molecule is COCC(N)C(OC)C(N)COC. The van der Waals surface area contributed by atoms with Gasteiger partial charge in [0.05, 0.1) is 31.4 Å². The highest BCUT2D eigenvalue weighted by molar-refractivity contribution is 4.82. The molecule has 2 unspecified atom stereocenters. The molecule has 0 saturated heterocycles. The van der Waals surface area contributed by atoms with Crippen LogP contribution in [0.25, 0.3) is 0 Å². The minimum atomic E-state index is -0.236. The summed E-state index contributed by atoms with van der Waals surface area (Å²) in [6.07, 6.45) is -0.236. The van der Waals surface area contributed by atoms with Crippen molar-refractivity contribution in [1.82, 2.24) is 0 Å². The Hall–Kier alpha value is -0.200. The van der Waals surface area contributed by atoms with Crippen LogP contribution in [0.15, 0.2) is 0 Å². The number of hydrogen-bond donors (Lipinski definition) is 2. The summed E-state index contributed by atoms with van der Waals surface area (Å²) >= 11 is 0. The van der Waals surface area contributed by atoms with Crippen LogP contribution < -0.4 is 11.5 Å². The predicted octanol–water partition coefficient (Wildman–Crippen LogP) is -1.05. The van der Waals surface area contributed by atoms with E-state index in [-0.39, 0.29) is 18.2 Å². The topological polar surface area (TPSA) is 79.7 Å². The fourth-order valence-electron chi connectivity index (χ4n) is 1.24. The normalized spacial score (nSPS) is 18.2. The van der Waals surface area contributed by atoms with E-state index in [1.54, 1.807) is 21.3 Å². The predicted molar refractivity (Wildman–Crippen MR) is 50.5 cm³/mol. The number of ether oxygens (including phenoxy) is 3. The molecule has 0 radical (unpaired) electrons. The van der Waals surface area contributed by atoms with E-state index in [9.17, 15) is 0 Å². The van der Waals surface area contributed by atoms with E-state index in [2.05, 4.69) is 0 Å². The number of nitrogens with two attached hydrogens (primary N) is 2. The summed E-state index contributed by atoms with van der Waals surface area (Å²) < 4.78 is 15.0. The highest BCUT2D eigenvalue weighted by Gasteiger charge is 2.24. The van der Waals surface area contributed by atoms with Gasteiger partial charge in [0, 0.05) is 21.3 Å². The summed E-state index contributed by atoms with van der Waals surface area (Å²) in [5.41, 5.74) is 11.6. The third kappa shape index (κ3) is 4.54. The van der Waals surface area contributed by atoms with Gasteiger partial charge in [0.25, 0.3) is 0 Å². The first kappa shape index (κ1) is 12.8. The lowest BCUT2D eigenvalue weighted by molar-refractivity contribution is 0.0117. The minimum Gasteiger partial charge on any atom is -0.383 e. The molecule has 0 spiro atoms. The van der Waals surface area contributed by atoms with Crippen molar-refractivity contribution in [3.05, 3.63) is 0 Å². The molecular formula is C8H20N2O3. The van der Waals surface area contributed by atoms with Gasteiger partial charge < -0.3 is 25.7 Å². The zero-order valence-corrected chi connectivity index (χ0v) is 8.53. The molecule has 2 atom stereocenters. The lowest BCUT2D eigenvalue weighted by Crippen LogP contribution is -2.52. The van der Waals surface area contributed by atoms with Gasteiger partial charge in [-0.1, -0.05) is 0 Å². The van der Waals surface area contributed by atoms with Gasteiger partial charge in [0.15, 0.2) is 0 Å². The first-order valence-electron chi connectivity index (χ1n) is 4.19. The molecule has 0 fully saturated rings. The maximum Gasteiger partial charge on any atom is 0.0917 e. The van der Waals surface area contributed by atoms with Crippen LogP contribution in [-0.2, 0) is 14.2 Å². The molecule has 80 valence electrons. The van der Waals surface area contributed by atoms with E-state index in [1.807, 2.05) is 0 Å². The monoisotopic (exact) mass is 192 g/mol. The smallest absolute Gasteiger partial charge is 0.0917 e. The molecule has 0 aromatic carbocycles. The lowest BCUT2D eigenvalue weighted by Gasteiger charge is -2.26. The molecule has 0 bridgehead atoms. The molecule has 0 rings (SSSR count). The Bertz CT molecular complexity index is 112. The molecular weight excluding hydrogens is 172 g/mol. The Kier molecular flexibility index (Phi) is 7.12. The number of rotatable bonds is 7. The van der Waals surface area contributed by atoms with Crippen LogP contribution in [0.2, 0.25) is 0 Å². The average molecular weight is 192 g/mol. The Morgan fingerprint density at radius 3 is 1.54 bits per heavy atom. The van der Waals surface area contributed by atoms with E-state index in [1.165, 1.54) is 0 Å². The highest BCUT2D eigenvalue weighted by Crippen LogP contribution is 2.01. The van der Waals surface area contributed by atoms with Crippen molar-refractivity contribution in [2.75, 3.05) is 34.5 Å². The van der Waals surface area contributed by atoms with Crippen LogP contribution in [-0.4, -0.2) is 52.7 Å². The standard InChI is InChI=1S/C8H20N2O3/c1-11-4-6(9)8(13-3)7(10)5-12-2/h6-8H,4-5,9-10H2,1-3H3. The number of methoxy groups -OCH3 is 3. The fourth-order valence-corrected chi connectivity index (χ4v) is 1.24. The van der Waals surface area contributed by atoms with Crippen LogP contribution in [0.1, 0.15) is 0 Å². The quantitative estimate of drug-likeness (QED) is 0.538. The van der Waals surface area contributed by atoms with Gasteiger partial charge >= 0.3 is 0 Å². The van der Waals surface area contributed by atoms with E-state index < -0.39 is 0 Å². The van der Waals surface area contributed by atoms with Gasteiger partial charge in [0.2, 0.25) is 0 Å². The van der Waals surface area contributed by atoms with Gasteiger partial charge in [-0.05, 0) is 0 Å². The molecule has 0 aliphatic carbocycles. The van der Waals surface area contributed by atoms with E-state index in [0.717, 1.165) is 0 Å². The Morgan fingerprint density at radius 2 is 1.31 bits per heavy atom. The first-order valence-corrected chi connectivity index (χ1v) is 4.19. The molecule has 5 heteroatoms. The molecule has 0 amide bonds. The van der Waals surface area contributed by atoms with E-state index in [4.69, 9.17) is 25.7 Å². The zero-order chi connectivity index (χ0) is 10.3. The molecule has 13 heavy (non-hydrogen) atoms. The van der Waals surface area contributed by atoms with Gasteiger partial charge in [0.1, 0.15) is 0 Å². The number of hydrogen-bond acceptors (Lipinski definition) is 5. The molecule has 0 aliphatic heterocycles. The van der Waals surface area contributed by atoms with Gasteiger partial charge in [-0.2, -0.15) is 0 Å². The zero-order valence-electron chi connectivity index (χ0n) is 8.53. The van der Waals surface area contributed by atoms with E-state index in [0.29, 0.717) is 13.2 Å². The van der Waals surface area contributed by atoms with Crippen LogP contribution in [0, 0.1) is 0 Å². The van der Waals surface area contributed by atoms with Crippen molar-refractivity contribution in [2.45, 2.75) is 18.2 Å². The average Bonchev–Trinajstić information content (AvgIpc) is 2.06. The van der Waals surface area contributed by atoms with Gasteiger partial charge in [-0.25, -0.2) is 0 Å².